The average Bonchev–Trinajstić information content (AvgIpc) is 3.58. The number of carbonyl (C=O) groups is 1. The number of nitrogens with zero attached hydrogens (tertiary/aromatic N) is 8. The molecule has 36 heavy (non-hydrogen) atoms. The summed E-state index contributed by atoms with van der Waals surface area (Å²) in [5.74, 6) is 1.28. The van der Waals surface area contributed by atoms with Crippen molar-refractivity contribution in [1.82, 2.24) is 40.1 Å². The van der Waals surface area contributed by atoms with Crippen molar-refractivity contribution in [3.63, 3.8) is 0 Å². The largest absolute Gasteiger partial charge is 0.338 e. The number of amides is 1. The zero-order valence-corrected chi connectivity index (χ0v) is 20.2. The highest BCUT2D eigenvalue weighted by Gasteiger charge is 2.33. The van der Waals surface area contributed by atoms with E-state index in [-0.39, 0.29) is 17.8 Å². The Kier molecular flexibility index (Phi) is 6.81. The third-order valence-electron chi connectivity index (χ3n) is 6.58. The van der Waals surface area contributed by atoms with E-state index in [1.807, 2.05) is 42.2 Å². The van der Waals surface area contributed by atoms with Gasteiger partial charge in [0.25, 0.3) is 0 Å². The smallest absolute Gasteiger partial charge is 0.248 e. The number of benzene rings is 2. The molecule has 2 aromatic heterocycles. The van der Waals surface area contributed by atoms with E-state index >= 15 is 0 Å². The lowest BCUT2D eigenvalue weighted by Gasteiger charge is -2.38. The van der Waals surface area contributed by atoms with Crippen LogP contribution < -0.4 is 0 Å². The highest BCUT2D eigenvalue weighted by Crippen LogP contribution is 2.25. The van der Waals surface area contributed by atoms with Crippen LogP contribution in [0.3, 0.4) is 0 Å². The first-order valence-corrected chi connectivity index (χ1v) is 11.9. The van der Waals surface area contributed by atoms with Gasteiger partial charge in [-0.15, -0.1) is 5.10 Å². The first-order chi connectivity index (χ1) is 17.5. The first-order valence-electron chi connectivity index (χ1n) is 11.9. The molecule has 4 aromatic rings. The van der Waals surface area contributed by atoms with Gasteiger partial charge in [-0.25, -0.2) is 9.07 Å². The molecule has 1 aliphatic heterocycles. The Hall–Kier alpha value is -3.99. The summed E-state index contributed by atoms with van der Waals surface area (Å²) in [4.78, 5) is 22.2. The van der Waals surface area contributed by atoms with E-state index in [9.17, 15) is 9.18 Å². The Balaban J connectivity index is 1.25. The summed E-state index contributed by atoms with van der Waals surface area (Å²) in [5, 5.41) is 15.9. The number of hydrogen-bond acceptors (Lipinski definition) is 8. The quantitative estimate of drug-likeness (QED) is 0.389. The van der Waals surface area contributed by atoms with Crippen LogP contribution in [0.1, 0.15) is 36.3 Å². The highest BCUT2D eigenvalue weighted by atomic mass is 19.1. The highest BCUT2D eigenvalue weighted by molar-refractivity contribution is 5.81. The number of tetrazole rings is 1. The molecule has 10 nitrogen and oxygen atoms in total. The molecule has 0 radical (unpaired) electrons. The van der Waals surface area contributed by atoms with Crippen LogP contribution in [0.15, 0.2) is 59.1 Å². The van der Waals surface area contributed by atoms with Gasteiger partial charge in [0.05, 0.1) is 6.04 Å². The number of carbonyl (C=O) groups excluding carboxylic acids is 1. The molecular formula is C25H27FN8O2. The fraction of sp³-hybridized carbons (Fsp3) is 0.360. The maximum Gasteiger partial charge on any atom is 0.248 e. The van der Waals surface area contributed by atoms with Gasteiger partial charge in [-0.3, -0.25) is 9.69 Å². The van der Waals surface area contributed by atoms with E-state index in [1.165, 1.54) is 12.1 Å². The van der Waals surface area contributed by atoms with Crippen LogP contribution in [-0.2, 0) is 11.2 Å². The number of halogens is 1. The van der Waals surface area contributed by atoms with E-state index in [0.29, 0.717) is 50.1 Å². The van der Waals surface area contributed by atoms with E-state index in [1.54, 1.807) is 23.7 Å². The van der Waals surface area contributed by atoms with Gasteiger partial charge in [-0.2, -0.15) is 4.98 Å². The maximum absolute atomic E-state index is 13.6. The third kappa shape index (κ3) is 5.01. The monoisotopic (exact) mass is 490 g/mol. The molecule has 1 aliphatic rings. The van der Waals surface area contributed by atoms with Crippen LogP contribution in [0.4, 0.5) is 4.39 Å². The number of aromatic nitrogens is 6. The maximum atomic E-state index is 13.6. The molecule has 1 saturated heterocycles. The molecule has 3 heterocycles. The van der Waals surface area contributed by atoms with E-state index in [4.69, 9.17) is 4.52 Å². The second-order valence-electron chi connectivity index (χ2n) is 8.88. The SMILES string of the molecule is Cc1nnnn1C(Cc1ccc(F)cc1)C(=O)N1CCN(C(C)c2nc(-c3ccccc3)no2)CC1. The van der Waals surface area contributed by atoms with Gasteiger partial charge in [0, 0.05) is 38.2 Å². The number of rotatable bonds is 7. The van der Waals surface area contributed by atoms with Crippen molar-refractivity contribution in [2.75, 3.05) is 26.2 Å². The Labute approximate surface area is 207 Å². The van der Waals surface area contributed by atoms with Crippen LogP contribution >= 0.6 is 0 Å². The van der Waals surface area contributed by atoms with Gasteiger partial charge >= 0.3 is 0 Å². The summed E-state index contributed by atoms with van der Waals surface area (Å²) < 4.78 is 20.5. The minimum atomic E-state index is -0.612. The molecule has 5 rings (SSSR count). The Morgan fingerprint density at radius 2 is 1.78 bits per heavy atom. The minimum Gasteiger partial charge on any atom is -0.338 e. The summed E-state index contributed by atoms with van der Waals surface area (Å²) in [6, 6.07) is 15.2. The fourth-order valence-electron chi connectivity index (χ4n) is 4.45. The number of aryl methyl sites for hydroxylation is 1. The second-order valence-corrected chi connectivity index (χ2v) is 8.88. The van der Waals surface area contributed by atoms with E-state index in [0.717, 1.165) is 11.1 Å². The topological polar surface area (TPSA) is 106 Å². The van der Waals surface area contributed by atoms with Crippen molar-refractivity contribution in [1.29, 1.82) is 0 Å². The molecular weight excluding hydrogens is 463 g/mol. The van der Waals surface area contributed by atoms with Crippen molar-refractivity contribution in [3.8, 4) is 11.4 Å². The van der Waals surface area contributed by atoms with Crippen LogP contribution in [-0.4, -0.2) is 72.2 Å². The summed E-state index contributed by atoms with van der Waals surface area (Å²) in [6.07, 6.45) is 0.367. The predicted molar refractivity (Wildman–Crippen MR) is 128 cm³/mol. The van der Waals surface area contributed by atoms with Crippen molar-refractivity contribution >= 4 is 5.91 Å². The van der Waals surface area contributed by atoms with E-state index < -0.39 is 6.04 Å². The minimum absolute atomic E-state index is 0.0637. The summed E-state index contributed by atoms with van der Waals surface area (Å²) >= 11 is 0. The van der Waals surface area contributed by atoms with Crippen molar-refractivity contribution < 1.29 is 13.7 Å². The lowest BCUT2D eigenvalue weighted by Crippen LogP contribution is -2.51. The normalized spacial score (nSPS) is 16.1. The summed E-state index contributed by atoms with van der Waals surface area (Å²) in [7, 11) is 0. The molecule has 1 amide bonds. The van der Waals surface area contributed by atoms with Gasteiger partial charge in [0.15, 0.2) is 0 Å². The standard InChI is InChI=1S/C25H27FN8O2/c1-17(24-27-23(29-36-24)20-6-4-3-5-7-20)32-12-14-33(15-13-32)25(35)22(34-18(2)28-30-31-34)16-19-8-10-21(26)11-9-19/h3-11,17,22H,12-16H2,1-2H3. The van der Waals surface area contributed by atoms with Crippen LogP contribution in [0.2, 0.25) is 0 Å². The van der Waals surface area contributed by atoms with Gasteiger partial charge in [0.2, 0.25) is 17.6 Å². The molecule has 0 N–H and O–H groups in total. The lowest BCUT2D eigenvalue weighted by molar-refractivity contribution is -0.137. The Bertz CT molecular complexity index is 1300. The number of hydrogen-bond donors (Lipinski definition) is 0. The van der Waals surface area contributed by atoms with Crippen molar-refractivity contribution in [2.24, 2.45) is 0 Å². The van der Waals surface area contributed by atoms with Crippen molar-refractivity contribution in [3.05, 3.63) is 77.7 Å². The van der Waals surface area contributed by atoms with Crippen molar-refractivity contribution in [2.45, 2.75) is 32.4 Å². The molecule has 0 saturated carbocycles. The molecule has 186 valence electrons. The van der Waals surface area contributed by atoms with Gasteiger partial charge in [0.1, 0.15) is 17.7 Å². The summed E-state index contributed by atoms with van der Waals surface area (Å²) in [5.41, 5.74) is 1.74. The molecule has 0 spiro atoms. The lowest BCUT2D eigenvalue weighted by atomic mass is 10.0. The molecule has 0 aliphatic carbocycles. The van der Waals surface area contributed by atoms with Crippen LogP contribution in [0.5, 0.6) is 0 Å². The molecule has 2 unspecified atom stereocenters. The molecule has 1 fully saturated rings. The zero-order valence-electron chi connectivity index (χ0n) is 20.2. The Morgan fingerprint density at radius 1 is 1.06 bits per heavy atom. The zero-order chi connectivity index (χ0) is 25.1. The molecule has 0 bridgehead atoms. The summed E-state index contributed by atoms with van der Waals surface area (Å²) in [6.45, 7) is 6.20. The predicted octanol–water partition coefficient (Wildman–Crippen LogP) is 2.86. The van der Waals surface area contributed by atoms with E-state index in [2.05, 4.69) is 30.6 Å². The third-order valence-corrected chi connectivity index (χ3v) is 6.58. The average molecular weight is 491 g/mol. The molecule has 2 aromatic carbocycles. The fourth-order valence-corrected chi connectivity index (χ4v) is 4.45. The molecule has 11 heteroatoms. The molecule has 2 atom stereocenters. The number of piperazine rings is 1. The Morgan fingerprint density at radius 3 is 2.44 bits per heavy atom. The van der Waals surface area contributed by atoms with Gasteiger partial charge in [-0.05, 0) is 42.0 Å². The van der Waals surface area contributed by atoms with Gasteiger partial charge < -0.3 is 9.42 Å². The van der Waals surface area contributed by atoms with Crippen LogP contribution in [0, 0.1) is 12.7 Å². The first kappa shape index (κ1) is 23.7. The van der Waals surface area contributed by atoms with Crippen LogP contribution in [0.25, 0.3) is 11.4 Å². The van der Waals surface area contributed by atoms with Gasteiger partial charge in [-0.1, -0.05) is 47.6 Å². The second kappa shape index (κ2) is 10.3.